The molecule has 0 fully saturated rings. The molecule has 8 nitrogen and oxygen atoms in total. The lowest BCUT2D eigenvalue weighted by atomic mass is 10.1. The van der Waals surface area contributed by atoms with Crippen LogP contribution in [-0.4, -0.2) is 32.6 Å². The fourth-order valence-corrected chi connectivity index (χ4v) is 2.58. The van der Waals surface area contributed by atoms with Gasteiger partial charge in [0.1, 0.15) is 18.0 Å². The van der Waals surface area contributed by atoms with Crippen LogP contribution < -0.4 is 16.8 Å². The van der Waals surface area contributed by atoms with Gasteiger partial charge in [-0.2, -0.15) is 0 Å². The molecule has 8 heteroatoms. The minimum atomic E-state index is -0.503. The van der Waals surface area contributed by atoms with Crippen LogP contribution in [0.2, 0.25) is 0 Å². The number of fused-ring (bicyclic) bond motifs is 1. The summed E-state index contributed by atoms with van der Waals surface area (Å²) in [4.78, 5) is 22.6. The van der Waals surface area contributed by atoms with E-state index in [1.807, 2.05) is 19.9 Å². The summed E-state index contributed by atoms with van der Waals surface area (Å²) >= 11 is 0. The molecule has 0 radical (unpaired) electrons. The van der Waals surface area contributed by atoms with Crippen LogP contribution in [0.15, 0.2) is 30.6 Å². The van der Waals surface area contributed by atoms with Crippen molar-refractivity contribution in [2.75, 3.05) is 11.1 Å². The molecule has 3 rings (SSSR count). The molecule has 0 bridgehead atoms. The second-order valence-corrected chi connectivity index (χ2v) is 6.01. The Kier molecular flexibility index (Phi) is 4.10. The topological polar surface area (TPSA) is 147 Å². The molecule has 3 aromatic rings. The van der Waals surface area contributed by atoms with Gasteiger partial charge in [0.25, 0.3) is 0 Å². The number of anilines is 2. The molecule has 25 heavy (non-hydrogen) atoms. The van der Waals surface area contributed by atoms with Crippen LogP contribution in [0.1, 0.15) is 35.5 Å². The van der Waals surface area contributed by atoms with Gasteiger partial charge in [-0.25, -0.2) is 9.97 Å². The molecule has 7 N–H and O–H groups in total. The lowest BCUT2D eigenvalue weighted by Crippen LogP contribution is -2.18. The molecule has 0 aliphatic carbocycles. The third kappa shape index (κ3) is 3.14. The van der Waals surface area contributed by atoms with Crippen LogP contribution in [0, 0.1) is 5.41 Å². The highest BCUT2D eigenvalue weighted by molar-refractivity contribution is 6.17. The molecule has 0 saturated heterocycles. The summed E-state index contributed by atoms with van der Waals surface area (Å²) < 4.78 is 0. The first kappa shape index (κ1) is 16.4. The molecule has 0 saturated carbocycles. The Balaban J connectivity index is 2.07. The summed E-state index contributed by atoms with van der Waals surface area (Å²) in [5.41, 5.74) is 13.6. The summed E-state index contributed by atoms with van der Waals surface area (Å²) in [5, 5.41) is 12.6. The predicted octanol–water partition coefficient (Wildman–Crippen LogP) is 1.88. The number of primary amides is 1. The Morgan fingerprint density at radius 3 is 2.72 bits per heavy atom. The van der Waals surface area contributed by atoms with Crippen molar-refractivity contribution in [3.8, 4) is 0 Å². The molecule has 0 atom stereocenters. The maximum atomic E-state index is 11.3. The van der Waals surface area contributed by atoms with Gasteiger partial charge in [0, 0.05) is 22.5 Å². The van der Waals surface area contributed by atoms with Gasteiger partial charge in [-0.05, 0) is 32.0 Å². The number of nitrogen functional groups attached to an aromatic ring is 1. The zero-order valence-electron chi connectivity index (χ0n) is 13.9. The number of nitrogens with zero attached hydrogens (tertiary/aromatic N) is 2. The van der Waals surface area contributed by atoms with Gasteiger partial charge in [-0.15, -0.1) is 0 Å². The molecule has 1 amide bonds. The van der Waals surface area contributed by atoms with E-state index in [4.69, 9.17) is 16.9 Å². The monoisotopic (exact) mass is 337 g/mol. The van der Waals surface area contributed by atoms with Crippen molar-refractivity contribution in [2.24, 2.45) is 5.73 Å². The van der Waals surface area contributed by atoms with Crippen molar-refractivity contribution in [2.45, 2.75) is 19.9 Å². The quantitative estimate of drug-likeness (QED) is 0.451. The van der Waals surface area contributed by atoms with E-state index in [1.165, 1.54) is 6.33 Å². The van der Waals surface area contributed by atoms with Crippen LogP contribution in [0.3, 0.4) is 0 Å². The lowest BCUT2D eigenvalue weighted by Gasteiger charge is -2.14. The molecule has 0 aliphatic heterocycles. The summed E-state index contributed by atoms with van der Waals surface area (Å²) in [7, 11) is 0. The summed E-state index contributed by atoms with van der Waals surface area (Å²) in [6.45, 7) is 3.94. The molecule has 1 aromatic carbocycles. The second kappa shape index (κ2) is 6.23. The van der Waals surface area contributed by atoms with Gasteiger partial charge in [0.2, 0.25) is 5.91 Å². The average Bonchev–Trinajstić information content (AvgIpc) is 2.97. The van der Waals surface area contributed by atoms with Gasteiger partial charge in [0.05, 0.1) is 17.0 Å². The fraction of sp³-hybridized carbons (Fsp3) is 0.176. The predicted molar refractivity (Wildman–Crippen MR) is 98.0 cm³/mol. The van der Waals surface area contributed by atoms with Gasteiger partial charge in [-0.1, -0.05) is 6.07 Å². The largest absolute Gasteiger partial charge is 0.383 e. The zero-order chi connectivity index (χ0) is 18.1. The van der Waals surface area contributed by atoms with Crippen molar-refractivity contribution in [1.29, 1.82) is 5.41 Å². The number of nitrogens with one attached hydrogen (secondary N) is 3. The zero-order valence-corrected chi connectivity index (χ0v) is 13.9. The number of H-pyrrole nitrogens is 1. The third-order valence-electron chi connectivity index (χ3n) is 3.73. The number of amides is 1. The van der Waals surface area contributed by atoms with Crippen LogP contribution >= 0.6 is 0 Å². The maximum absolute atomic E-state index is 11.3. The molecule has 2 aromatic heterocycles. The number of hydrogen-bond donors (Lipinski definition) is 5. The van der Waals surface area contributed by atoms with E-state index >= 15 is 0 Å². The van der Waals surface area contributed by atoms with E-state index in [0.717, 1.165) is 5.39 Å². The highest BCUT2D eigenvalue weighted by Gasteiger charge is 2.18. The highest BCUT2D eigenvalue weighted by Crippen LogP contribution is 2.24. The Morgan fingerprint density at radius 1 is 1.28 bits per heavy atom. The van der Waals surface area contributed by atoms with Gasteiger partial charge < -0.3 is 21.8 Å². The molecular formula is C17H19N7O. The maximum Gasteiger partial charge on any atom is 0.248 e. The number of hydrogen-bond acceptors (Lipinski definition) is 6. The number of aromatic nitrogens is 3. The lowest BCUT2D eigenvalue weighted by molar-refractivity contribution is 0.100. The van der Waals surface area contributed by atoms with Gasteiger partial charge >= 0.3 is 0 Å². The number of aromatic amines is 1. The standard InChI is InChI=1S/C17H19N7O/c1-8(2)23-17-13(15(19)21-7-22-17)14(18)12-5-9-3-4-10(16(20)25)6-11(9)24-12/h3-8,18,24H,1-2H3,(H2,20,25)(H3,19,21,22,23). The summed E-state index contributed by atoms with van der Waals surface area (Å²) in [5.74, 6) is 0.223. The van der Waals surface area contributed by atoms with E-state index in [2.05, 4.69) is 20.3 Å². The van der Waals surface area contributed by atoms with Crippen molar-refractivity contribution >= 4 is 34.2 Å². The highest BCUT2D eigenvalue weighted by atomic mass is 16.1. The molecule has 128 valence electrons. The summed E-state index contributed by atoms with van der Waals surface area (Å²) in [6, 6.07) is 7.03. The molecular weight excluding hydrogens is 318 g/mol. The Morgan fingerprint density at radius 2 is 2.04 bits per heavy atom. The minimum absolute atomic E-state index is 0.127. The van der Waals surface area contributed by atoms with Crippen LogP contribution in [0.4, 0.5) is 11.6 Å². The molecule has 0 unspecified atom stereocenters. The van der Waals surface area contributed by atoms with E-state index < -0.39 is 5.91 Å². The van der Waals surface area contributed by atoms with E-state index in [-0.39, 0.29) is 17.6 Å². The normalized spacial score (nSPS) is 11.0. The first-order valence-electron chi connectivity index (χ1n) is 7.75. The van der Waals surface area contributed by atoms with Crippen LogP contribution in [-0.2, 0) is 0 Å². The number of nitrogens with two attached hydrogens (primary N) is 2. The van der Waals surface area contributed by atoms with Crippen molar-refractivity contribution in [1.82, 2.24) is 15.0 Å². The Hall–Kier alpha value is -3.42. The smallest absolute Gasteiger partial charge is 0.248 e. The third-order valence-corrected chi connectivity index (χ3v) is 3.73. The van der Waals surface area contributed by atoms with Gasteiger partial charge in [-0.3, -0.25) is 10.2 Å². The van der Waals surface area contributed by atoms with Crippen LogP contribution in [0.5, 0.6) is 0 Å². The number of rotatable bonds is 5. The van der Waals surface area contributed by atoms with Crippen molar-refractivity contribution < 1.29 is 4.79 Å². The minimum Gasteiger partial charge on any atom is -0.383 e. The van der Waals surface area contributed by atoms with Crippen molar-refractivity contribution in [3.05, 3.63) is 47.4 Å². The van der Waals surface area contributed by atoms with E-state index in [9.17, 15) is 4.79 Å². The second-order valence-electron chi connectivity index (χ2n) is 6.01. The van der Waals surface area contributed by atoms with E-state index in [0.29, 0.717) is 28.2 Å². The van der Waals surface area contributed by atoms with Gasteiger partial charge in [0.15, 0.2) is 0 Å². The SMILES string of the molecule is CC(C)Nc1ncnc(N)c1C(=N)c1cc2ccc(C(N)=O)cc2[nH]1. The Labute approximate surface area is 144 Å². The number of benzene rings is 1. The first-order valence-corrected chi connectivity index (χ1v) is 7.75. The molecule has 0 aliphatic rings. The fourth-order valence-electron chi connectivity index (χ4n) is 2.58. The Bertz CT molecular complexity index is 974. The molecule has 0 spiro atoms. The number of carbonyl (C=O) groups excluding carboxylic acids is 1. The van der Waals surface area contributed by atoms with Crippen LogP contribution in [0.25, 0.3) is 10.9 Å². The first-order chi connectivity index (χ1) is 11.9. The summed E-state index contributed by atoms with van der Waals surface area (Å²) in [6.07, 6.45) is 1.36. The van der Waals surface area contributed by atoms with Crippen molar-refractivity contribution in [3.63, 3.8) is 0 Å². The number of carbonyl (C=O) groups is 1. The average molecular weight is 337 g/mol. The molecule has 2 heterocycles. The van der Waals surface area contributed by atoms with E-state index in [1.54, 1.807) is 18.2 Å².